The second-order valence-corrected chi connectivity index (χ2v) is 8.53. The van der Waals surface area contributed by atoms with Crippen LogP contribution in [0.4, 0.5) is 0 Å². The predicted molar refractivity (Wildman–Crippen MR) is 76.7 cm³/mol. The second kappa shape index (κ2) is 5.52. The van der Waals surface area contributed by atoms with Gasteiger partial charge in [-0.15, -0.1) is 11.3 Å². The van der Waals surface area contributed by atoms with E-state index in [0.717, 1.165) is 47.5 Å². The van der Waals surface area contributed by atoms with E-state index >= 15 is 0 Å². The first kappa shape index (κ1) is 15.0. The Morgan fingerprint density at radius 2 is 2.16 bits per heavy atom. The van der Waals surface area contributed by atoms with Crippen molar-refractivity contribution in [1.29, 1.82) is 0 Å². The molecule has 1 saturated carbocycles. The van der Waals surface area contributed by atoms with E-state index in [2.05, 4.69) is 11.6 Å². The van der Waals surface area contributed by atoms with Crippen LogP contribution in [0.1, 0.15) is 43.0 Å². The minimum absolute atomic E-state index is 0.105. The molecule has 0 aromatic carbocycles. The molecule has 0 amide bonds. The maximum atomic E-state index is 12.2. The van der Waals surface area contributed by atoms with Gasteiger partial charge in [0.15, 0.2) is 0 Å². The van der Waals surface area contributed by atoms with Gasteiger partial charge in [-0.2, -0.15) is 0 Å². The Morgan fingerprint density at radius 1 is 1.47 bits per heavy atom. The smallest absolute Gasteiger partial charge is 0.250 e. The molecule has 19 heavy (non-hydrogen) atoms. The summed E-state index contributed by atoms with van der Waals surface area (Å²) in [6.07, 6.45) is 4.42. The lowest BCUT2D eigenvalue weighted by molar-refractivity contribution is 0.285. The van der Waals surface area contributed by atoms with E-state index in [1.165, 1.54) is 0 Å². The molecule has 4 nitrogen and oxygen atoms in total. The molecule has 2 N–H and O–H groups in total. The minimum Gasteiger partial charge on any atom is -0.391 e. The van der Waals surface area contributed by atoms with Crippen LogP contribution in [0.25, 0.3) is 0 Å². The van der Waals surface area contributed by atoms with Crippen LogP contribution in [0.5, 0.6) is 0 Å². The number of hydrogen-bond donors (Lipinski definition) is 2. The van der Waals surface area contributed by atoms with Crippen LogP contribution in [0, 0.1) is 12.3 Å². The molecule has 1 fully saturated rings. The van der Waals surface area contributed by atoms with Gasteiger partial charge < -0.3 is 5.11 Å². The molecule has 0 radical (unpaired) electrons. The summed E-state index contributed by atoms with van der Waals surface area (Å²) in [6.45, 7) is 4.38. The summed E-state index contributed by atoms with van der Waals surface area (Å²) < 4.78 is 27.5. The molecule has 6 heteroatoms. The van der Waals surface area contributed by atoms with E-state index in [4.69, 9.17) is 5.11 Å². The molecule has 1 aromatic rings. The quantitative estimate of drug-likeness (QED) is 0.813. The van der Waals surface area contributed by atoms with E-state index in [0.29, 0.717) is 10.8 Å². The normalized spacial score (nSPS) is 17.6. The molecule has 0 unspecified atom stereocenters. The number of hydrogen-bond acceptors (Lipinski definition) is 4. The van der Waals surface area contributed by atoms with Crippen molar-refractivity contribution in [1.82, 2.24) is 4.72 Å². The fourth-order valence-corrected chi connectivity index (χ4v) is 4.97. The molecule has 0 atom stereocenters. The topological polar surface area (TPSA) is 66.4 Å². The van der Waals surface area contributed by atoms with E-state index in [-0.39, 0.29) is 12.0 Å². The highest BCUT2D eigenvalue weighted by molar-refractivity contribution is 7.91. The first-order chi connectivity index (χ1) is 8.92. The monoisotopic (exact) mass is 303 g/mol. The van der Waals surface area contributed by atoms with Crippen molar-refractivity contribution in [3.05, 3.63) is 16.5 Å². The third kappa shape index (κ3) is 3.37. The van der Waals surface area contributed by atoms with Gasteiger partial charge >= 0.3 is 0 Å². The van der Waals surface area contributed by atoms with Gasteiger partial charge in [0.1, 0.15) is 4.21 Å². The van der Waals surface area contributed by atoms with Crippen molar-refractivity contribution >= 4 is 21.4 Å². The van der Waals surface area contributed by atoms with E-state index in [9.17, 15) is 8.42 Å². The molecule has 108 valence electrons. The summed E-state index contributed by atoms with van der Waals surface area (Å²) in [4.78, 5) is 0.718. The van der Waals surface area contributed by atoms with Crippen LogP contribution < -0.4 is 4.72 Å². The van der Waals surface area contributed by atoms with Crippen molar-refractivity contribution < 1.29 is 13.5 Å². The van der Waals surface area contributed by atoms with Crippen molar-refractivity contribution in [2.24, 2.45) is 5.41 Å². The maximum Gasteiger partial charge on any atom is 0.250 e. The molecular formula is C13H21NO3S2. The van der Waals surface area contributed by atoms with Crippen molar-refractivity contribution in [2.45, 2.75) is 50.3 Å². The summed E-state index contributed by atoms with van der Waals surface area (Å²) in [5.41, 5.74) is 1.04. The Hall–Kier alpha value is -0.430. The standard InChI is InChI=1S/C13H21NO3S2/c1-3-4-13(5-6-13)9-14-19(16,17)12-7-10(2)11(8-15)18-12/h7,14-15H,3-6,8-9H2,1-2H3. The fourth-order valence-electron chi connectivity index (χ4n) is 2.32. The van der Waals surface area contributed by atoms with Crippen LogP contribution in [0.2, 0.25) is 0 Å². The van der Waals surface area contributed by atoms with Gasteiger partial charge in [-0.3, -0.25) is 0 Å². The zero-order chi connectivity index (χ0) is 14.1. The molecule has 1 heterocycles. The van der Waals surface area contributed by atoms with Crippen LogP contribution >= 0.6 is 11.3 Å². The number of aryl methyl sites for hydroxylation is 1. The molecule has 1 aliphatic carbocycles. The number of nitrogens with one attached hydrogen (secondary N) is 1. The zero-order valence-electron chi connectivity index (χ0n) is 11.4. The first-order valence-electron chi connectivity index (χ1n) is 6.62. The molecular weight excluding hydrogens is 282 g/mol. The third-order valence-electron chi connectivity index (χ3n) is 3.78. The lowest BCUT2D eigenvalue weighted by Gasteiger charge is -2.14. The maximum absolute atomic E-state index is 12.2. The summed E-state index contributed by atoms with van der Waals surface area (Å²) >= 11 is 1.15. The second-order valence-electron chi connectivity index (χ2n) is 5.40. The van der Waals surface area contributed by atoms with Gasteiger partial charge in [-0.25, -0.2) is 13.1 Å². The Balaban J connectivity index is 2.06. The van der Waals surface area contributed by atoms with Gasteiger partial charge in [0.25, 0.3) is 0 Å². The highest BCUT2D eigenvalue weighted by atomic mass is 32.2. The van der Waals surface area contributed by atoms with E-state index < -0.39 is 10.0 Å². The molecule has 1 aliphatic rings. The SMILES string of the molecule is CCCC1(CNS(=O)(=O)c2cc(C)c(CO)s2)CC1. The molecule has 0 aliphatic heterocycles. The Labute approximate surface area is 118 Å². The largest absolute Gasteiger partial charge is 0.391 e. The van der Waals surface area contributed by atoms with E-state index in [1.807, 2.05) is 6.92 Å². The van der Waals surface area contributed by atoms with Gasteiger partial charge in [-0.1, -0.05) is 13.3 Å². The Morgan fingerprint density at radius 3 is 2.63 bits per heavy atom. The van der Waals surface area contributed by atoms with Crippen molar-refractivity contribution in [3.63, 3.8) is 0 Å². The highest BCUT2D eigenvalue weighted by Gasteiger charge is 2.42. The summed E-state index contributed by atoms with van der Waals surface area (Å²) in [5.74, 6) is 0. The summed E-state index contributed by atoms with van der Waals surface area (Å²) in [6, 6.07) is 1.64. The zero-order valence-corrected chi connectivity index (χ0v) is 13.0. The van der Waals surface area contributed by atoms with Crippen molar-refractivity contribution in [2.75, 3.05) is 6.54 Å². The Bertz CT molecular complexity index is 544. The number of thiophene rings is 1. The summed E-state index contributed by atoms with van der Waals surface area (Å²) in [7, 11) is -3.43. The number of aliphatic hydroxyl groups excluding tert-OH is 1. The first-order valence-corrected chi connectivity index (χ1v) is 8.92. The molecule has 1 aromatic heterocycles. The predicted octanol–water partition coefficient (Wildman–Crippen LogP) is 2.41. The lowest BCUT2D eigenvalue weighted by Crippen LogP contribution is -2.29. The van der Waals surface area contributed by atoms with Crippen molar-refractivity contribution in [3.8, 4) is 0 Å². The molecule has 0 spiro atoms. The van der Waals surface area contributed by atoms with Gasteiger partial charge in [-0.05, 0) is 43.2 Å². The molecule has 2 rings (SSSR count). The van der Waals surface area contributed by atoms with Gasteiger partial charge in [0.2, 0.25) is 10.0 Å². The minimum atomic E-state index is -3.43. The van der Waals surface area contributed by atoms with Crippen LogP contribution in [-0.2, 0) is 16.6 Å². The number of aliphatic hydroxyl groups is 1. The number of sulfonamides is 1. The highest BCUT2D eigenvalue weighted by Crippen LogP contribution is 2.49. The van der Waals surface area contributed by atoms with Crippen LogP contribution in [0.15, 0.2) is 10.3 Å². The van der Waals surface area contributed by atoms with Gasteiger partial charge in [0, 0.05) is 11.4 Å². The average Bonchev–Trinajstić information content (AvgIpc) is 3.02. The average molecular weight is 303 g/mol. The fraction of sp³-hybridized carbons (Fsp3) is 0.692. The van der Waals surface area contributed by atoms with E-state index in [1.54, 1.807) is 6.07 Å². The number of rotatable bonds is 7. The molecule has 0 saturated heterocycles. The van der Waals surface area contributed by atoms with Crippen LogP contribution in [0.3, 0.4) is 0 Å². The van der Waals surface area contributed by atoms with Crippen LogP contribution in [-0.4, -0.2) is 20.1 Å². The third-order valence-corrected chi connectivity index (χ3v) is 6.88. The molecule has 0 bridgehead atoms. The Kier molecular flexibility index (Phi) is 4.35. The lowest BCUT2D eigenvalue weighted by atomic mass is 10.0. The summed E-state index contributed by atoms with van der Waals surface area (Å²) in [5, 5.41) is 9.13. The van der Waals surface area contributed by atoms with Gasteiger partial charge in [0.05, 0.1) is 6.61 Å².